The number of halogens is 3. The van der Waals surface area contributed by atoms with Crippen LogP contribution in [0.5, 0.6) is 5.75 Å². The molecular formula is C7H4Br2ClNO. The fraction of sp³-hybridized carbons (Fsp3) is 0.286. The highest BCUT2D eigenvalue weighted by Crippen LogP contribution is 2.46. The van der Waals surface area contributed by atoms with Crippen molar-refractivity contribution in [2.75, 3.05) is 0 Å². The first-order valence-electron chi connectivity index (χ1n) is 3.29. The topological polar surface area (TPSA) is 22.1 Å². The molecule has 2 rings (SSSR count). The number of hydrogen-bond acceptors (Lipinski definition) is 2. The Labute approximate surface area is 91.5 Å². The van der Waals surface area contributed by atoms with Gasteiger partial charge in [-0.05, 0) is 22.0 Å². The average Bonchev–Trinajstić information content (AvgIpc) is 2.32. The minimum atomic E-state index is -0.0834. The molecule has 0 radical (unpaired) electrons. The molecule has 64 valence electrons. The Morgan fingerprint density at radius 3 is 2.92 bits per heavy atom. The van der Waals surface area contributed by atoms with Gasteiger partial charge in [0.15, 0.2) is 10.8 Å². The highest BCUT2D eigenvalue weighted by atomic mass is 79.9. The number of hydrogen-bond donors (Lipinski definition) is 0. The summed E-state index contributed by atoms with van der Waals surface area (Å²) in [7, 11) is 0. The second-order valence-electron chi connectivity index (χ2n) is 2.38. The summed E-state index contributed by atoms with van der Waals surface area (Å²) in [6, 6.07) is 1.71. The predicted octanol–water partition coefficient (Wildman–Crippen LogP) is 3.28. The van der Waals surface area contributed by atoms with Crippen LogP contribution in [-0.4, -0.2) is 10.00 Å². The summed E-state index contributed by atoms with van der Waals surface area (Å²) < 4.78 is 5.43. The first kappa shape index (κ1) is 8.78. The van der Waals surface area contributed by atoms with Crippen LogP contribution in [0.4, 0.5) is 0 Å². The maximum absolute atomic E-state index is 5.89. The summed E-state index contributed by atoms with van der Waals surface area (Å²) in [5, 5.41) is 0.520. The summed E-state index contributed by atoms with van der Waals surface area (Å²) in [5.41, 5.74) is 0.851. The quantitative estimate of drug-likeness (QED) is 0.686. The van der Waals surface area contributed by atoms with Crippen LogP contribution in [-0.2, 0) is 0 Å². The van der Waals surface area contributed by atoms with Gasteiger partial charge in [-0.25, -0.2) is 0 Å². The van der Waals surface area contributed by atoms with Gasteiger partial charge in [0.1, 0.15) is 10.5 Å². The van der Waals surface area contributed by atoms with E-state index < -0.39 is 0 Å². The van der Waals surface area contributed by atoms with E-state index in [1.165, 1.54) is 0 Å². The minimum Gasteiger partial charge on any atom is -0.474 e. The zero-order chi connectivity index (χ0) is 8.72. The second kappa shape index (κ2) is 3.16. The van der Waals surface area contributed by atoms with E-state index in [1.807, 2.05) is 0 Å². The smallest absolute Gasteiger partial charge is 0.171 e. The lowest BCUT2D eigenvalue weighted by atomic mass is 10.3. The lowest BCUT2D eigenvalue weighted by Crippen LogP contribution is -2.04. The van der Waals surface area contributed by atoms with E-state index in [1.54, 1.807) is 12.3 Å². The first-order valence-corrected chi connectivity index (χ1v) is 5.50. The van der Waals surface area contributed by atoms with Gasteiger partial charge in [0, 0.05) is 6.20 Å². The Morgan fingerprint density at radius 2 is 2.25 bits per heavy atom. The second-order valence-corrected chi connectivity index (χ2v) is 4.67. The number of aromatic nitrogens is 1. The van der Waals surface area contributed by atoms with Crippen molar-refractivity contribution in [3.8, 4) is 5.75 Å². The molecule has 0 N–H and O–H groups in total. The van der Waals surface area contributed by atoms with Gasteiger partial charge in [-0.2, -0.15) is 0 Å². The fourth-order valence-electron chi connectivity index (χ4n) is 1.05. The van der Waals surface area contributed by atoms with Crippen molar-refractivity contribution in [2.45, 2.75) is 9.84 Å². The van der Waals surface area contributed by atoms with E-state index in [2.05, 4.69) is 36.8 Å². The van der Waals surface area contributed by atoms with E-state index in [9.17, 15) is 0 Å². The van der Waals surface area contributed by atoms with Crippen LogP contribution >= 0.6 is 43.5 Å². The summed E-state index contributed by atoms with van der Waals surface area (Å²) in [6.07, 6.45) is 1.67. The van der Waals surface area contributed by atoms with Crippen molar-refractivity contribution in [3.05, 3.63) is 23.0 Å². The van der Waals surface area contributed by atoms with Crippen molar-refractivity contribution in [3.63, 3.8) is 0 Å². The summed E-state index contributed by atoms with van der Waals surface area (Å²) in [5.74, 6) is 0.669. The number of nitrogens with zero attached hydrogens (tertiary/aromatic N) is 1. The van der Waals surface area contributed by atoms with E-state index >= 15 is 0 Å². The normalized spacial score (nSPS) is 26.6. The lowest BCUT2D eigenvalue weighted by Gasteiger charge is -2.02. The van der Waals surface area contributed by atoms with Gasteiger partial charge in [-0.1, -0.05) is 27.5 Å². The van der Waals surface area contributed by atoms with Crippen molar-refractivity contribution in [2.24, 2.45) is 0 Å². The maximum atomic E-state index is 5.89. The molecule has 1 aliphatic heterocycles. The molecular weight excluding hydrogens is 309 g/mol. The van der Waals surface area contributed by atoms with Crippen molar-refractivity contribution in [1.82, 2.24) is 4.98 Å². The zero-order valence-corrected chi connectivity index (χ0v) is 9.73. The molecule has 1 aromatic rings. The molecule has 0 fully saturated rings. The molecule has 2 atom stereocenters. The molecule has 1 aliphatic rings. The highest BCUT2D eigenvalue weighted by Gasteiger charge is 2.33. The number of alkyl halides is 2. The molecule has 12 heavy (non-hydrogen) atoms. The first-order chi connectivity index (χ1) is 5.70. The molecule has 0 aromatic carbocycles. The van der Waals surface area contributed by atoms with Gasteiger partial charge >= 0.3 is 0 Å². The standard InChI is InChI=1S/C7H4Br2ClNO/c8-4-5-6(12-7(4)9)3(10)1-2-11-5/h1-2,4,7H. The van der Waals surface area contributed by atoms with Gasteiger partial charge in [-0.3, -0.25) is 4.98 Å². The predicted molar refractivity (Wildman–Crippen MR) is 54.3 cm³/mol. The number of fused-ring (bicyclic) bond motifs is 1. The Bertz CT molecular complexity index is 320. The van der Waals surface area contributed by atoms with Crippen LogP contribution in [0.2, 0.25) is 5.02 Å². The monoisotopic (exact) mass is 311 g/mol. The Kier molecular flexibility index (Phi) is 2.31. The SMILES string of the molecule is Clc1ccnc2c1OC(Br)C2Br. The summed E-state index contributed by atoms with van der Waals surface area (Å²) in [4.78, 5) is 4.24. The molecule has 0 bridgehead atoms. The third-order valence-electron chi connectivity index (χ3n) is 1.61. The third-order valence-corrected chi connectivity index (χ3v) is 4.24. The maximum Gasteiger partial charge on any atom is 0.171 e. The molecule has 1 aromatic heterocycles. The Morgan fingerprint density at radius 1 is 1.50 bits per heavy atom. The van der Waals surface area contributed by atoms with Gasteiger partial charge in [-0.15, -0.1) is 0 Å². The van der Waals surface area contributed by atoms with Crippen molar-refractivity contribution >= 4 is 43.5 Å². The van der Waals surface area contributed by atoms with Crippen LogP contribution in [0.25, 0.3) is 0 Å². The molecule has 0 spiro atoms. The van der Waals surface area contributed by atoms with Crippen molar-refractivity contribution < 1.29 is 4.74 Å². The minimum absolute atomic E-state index is 0.0752. The number of ether oxygens (including phenoxy) is 1. The van der Waals surface area contributed by atoms with Gasteiger partial charge in [0.25, 0.3) is 0 Å². The van der Waals surface area contributed by atoms with E-state index in [0.717, 1.165) is 5.69 Å². The molecule has 0 saturated heterocycles. The fourth-order valence-corrected chi connectivity index (χ4v) is 2.12. The number of pyridine rings is 1. The molecule has 2 unspecified atom stereocenters. The van der Waals surface area contributed by atoms with Crippen LogP contribution in [0, 0.1) is 0 Å². The van der Waals surface area contributed by atoms with Crippen LogP contribution in [0.3, 0.4) is 0 Å². The van der Waals surface area contributed by atoms with Crippen LogP contribution in [0.1, 0.15) is 10.5 Å². The van der Waals surface area contributed by atoms with E-state index in [0.29, 0.717) is 10.8 Å². The Balaban J connectivity index is 2.53. The average molecular weight is 313 g/mol. The summed E-state index contributed by atoms with van der Waals surface area (Å²) >= 11 is 12.7. The molecule has 0 aliphatic carbocycles. The van der Waals surface area contributed by atoms with Crippen molar-refractivity contribution in [1.29, 1.82) is 0 Å². The Hall–Kier alpha value is 0.200. The third kappa shape index (κ3) is 1.26. The zero-order valence-electron chi connectivity index (χ0n) is 5.80. The van der Waals surface area contributed by atoms with Gasteiger partial charge in [0.05, 0.1) is 5.02 Å². The van der Waals surface area contributed by atoms with E-state index in [4.69, 9.17) is 16.3 Å². The van der Waals surface area contributed by atoms with Crippen LogP contribution < -0.4 is 4.74 Å². The summed E-state index contributed by atoms with van der Waals surface area (Å²) in [6.45, 7) is 0. The molecule has 5 heteroatoms. The van der Waals surface area contributed by atoms with E-state index in [-0.39, 0.29) is 9.84 Å². The van der Waals surface area contributed by atoms with Crippen LogP contribution in [0.15, 0.2) is 12.3 Å². The molecule has 0 saturated carbocycles. The largest absolute Gasteiger partial charge is 0.474 e. The van der Waals surface area contributed by atoms with Gasteiger partial charge in [0.2, 0.25) is 0 Å². The molecule has 0 amide bonds. The molecule has 2 heterocycles. The molecule has 2 nitrogen and oxygen atoms in total. The highest BCUT2D eigenvalue weighted by molar-refractivity contribution is 9.12. The lowest BCUT2D eigenvalue weighted by molar-refractivity contribution is 0.329. The van der Waals surface area contributed by atoms with Gasteiger partial charge < -0.3 is 4.74 Å². The number of rotatable bonds is 0.